The van der Waals surface area contributed by atoms with E-state index in [1.54, 1.807) is 49.4 Å². The van der Waals surface area contributed by atoms with Crippen molar-refractivity contribution in [3.05, 3.63) is 77.3 Å². The minimum atomic E-state index is -1.06. The summed E-state index contributed by atoms with van der Waals surface area (Å²) in [6.07, 6.45) is 1.41. The molecule has 2 N–H and O–H groups in total. The molecule has 162 valence electrons. The smallest absolute Gasteiger partial charge is 0.300 e. The monoisotopic (exact) mass is 433 g/mol. The average Bonchev–Trinajstić information content (AvgIpc) is 3.42. The number of aliphatic hydroxyl groups excluding tert-OH is 1. The zero-order valence-electron chi connectivity index (χ0n) is 17.1. The zero-order chi connectivity index (χ0) is 22.4. The molecule has 1 amide bonds. The van der Waals surface area contributed by atoms with Crippen LogP contribution in [0.25, 0.3) is 5.76 Å². The summed E-state index contributed by atoms with van der Waals surface area (Å²) in [5, 5.41) is 21.6. The summed E-state index contributed by atoms with van der Waals surface area (Å²) < 4.78 is 16.6. The van der Waals surface area contributed by atoms with Crippen molar-refractivity contribution >= 4 is 23.1 Å². The highest BCUT2D eigenvalue weighted by Crippen LogP contribution is 2.45. The highest BCUT2D eigenvalue weighted by molar-refractivity contribution is 6.51. The van der Waals surface area contributed by atoms with E-state index in [9.17, 15) is 19.8 Å². The number of aromatic hydroxyl groups is 1. The van der Waals surface area contributed by atoms with E-state index in [1.807, 2.05) is 0 Å². The lowest BCUT2D eigenvalue weighted by atomic mass is 9.98. The van der Waals surface area contributed by atoms with Crippen LogP contribution < -0.4 is 14.4 Å². The first-order valence-electron chi connectivity index (χ1n) is 10.00. The number of phenols is 1. The Morgan fingerprint density at radius 1 is 1.03 bits per heavy atom. The summed E-state index contributed by atoms with van der Waals surface area (Å²) in [6, 6.07) is 11.7. The third-order valence-electron chi connectivity index (χ3n) is 5.46. The van der Waals surface area contributed by atoms with Gasteiger partial charge in [-0.25, -0.2) is 0 Å². The van der Waals surface area contributed by atoms with Gasteiger partial charge in [0.05, 0.1) is 17.5 Å². The lowest BCUT2D eigenvalue weighted by Gasteiger charge is -2.24. The molecule has 1 aromatic heterocycles. The van der Waals surface area contributed by atoms with Gasteiger partial charge in [0, 0.05) is 5.56 Å². The molecule has 2 aliphatic heterocycles. The number of fused-ring (bicyclic) bond motifs is 1. The van der Waals surface area contributed by atoms with Crippen LogP contribution in [0.3, 0.4) is 0 Å². The van der Waals surface area contributed by atoms with Gasteiger partial charge in [-0.3, -0.25) is 14.5 Å². The number of rotatable bonds is 3. The molecular weight excluding hydrogens is 414 g/mol. The van der Waals surface area contributed by atoms with E-state index < -0.39 is 17.7 Å². The number of phenolic OH excluding ortho intramolecular Hbond substituents is 1. The molecule has 0 spiro atoms. The number of benzene rings is 2. The summed E-state index contributed by atoms with van der Waals surface area (Å²) in [4.78, 5) is 27.3. The second-order valence-corrected chi connectivity index (χ2v) is 7.54. The molecule has 1 fully saturated rings. The van der Waals surface area contributed by atoms with E-state index in [2.05, 4.69) is 0 Å². The van der Waals surface area contributed by atoms with Crippen LogP contribution in [-0.4, -0.2) is 35.1 Å². The predicted octanol–water partition coefficient (Wildman–Crippen LogP) is 3.69. The van der Waals surface area contributed by atoms with Crippen LogP contribution in [-0.2, 0) is 9.59 Å². The Balaban J connectivity index is 1.70. The molecule has 1 atom stereocenters. The number of carbonyl (C=O) groups is 2. The normalized spacial score (nSPS) is 19.4. The fraction of sp³-hybridized carbons (Fsp3) is 0.167. The van der Waals surface area contributed by atoms with Crippen LogP contribution >= 0.6 is 0 Å². The number of hydrogen-bond acceptors (Lipinski definition) is 7. The number of ketones is 1. The number of carbonyl (C=O) groups excluding carboxylic acids is 2. The van der Waals surface area contributed by atoms with Gasteiger partial charge in [-0.05, 0) is 55.0 Å². The molecule has 5 rings (SSSR count). The van der Waals surface area contributed by atoms with Gasteiger partial charge >= 0.3 is 0 Å². The molecule has 8 heteroatoms. The molecule has 1 unspecified atom stereocenters. The summed E-state index contributed by atoms with van der Waals surface area (Å²) >= 11 is 0. The molecule has 2 aliphatic rings. The number of hydrogen-bond donors (Lipinski definition) is 2. The first-order valence-corrected chi connectivity index (χ1v) is 10.00. The van der Waals surface area contributed by atoms with E-state index in [0.717, 1.165) is 10.5 Å². The van der Waals surface area contributed by atoms with Gasteiger partial charge in [0.15, 0.2) is 11.5 Å². The number of furan rings is 1. The lowest BCUT2D eigenvalue weighted by molar-refractivity contribution is -0.132. The molecule has 1 saturated heterocycles. The van der Waals surface area contributed by atoms with E-state index in [0.29, 0.717) is 24.7 Å². The molecule has 0 bridgehead atoms. The minimum absolute atomic E-state index is 0.148. The molecule has 3 aromatic rings. The fourth-order valence-corrected chi connectivity index (χ4v) is 3.97. The second-order valence-electron chi connectivity index (χ2n) is 7.54. The van der Waals surface area contributed by atoms with Crippen molar-refractivity contribution < 1.29 is 33.7 Å². The van der Waals surface area contributed by atoms with Gasteiger partial charge in [0.2, 0.25) is 0 Å². The molecule has 0 saturated carbocycles. The van der Waals surface area contributed by atoms with Gasteiger partial charge in [0.25, 0.3) is 11.7 Å². The van der Waals surface area contributed by atoms with Crippen LogP contribution in [0.5, 0.6) is 17.2 Å². The summed E-state index contributed by atoms with van der Waals surface area (Å²) in [5.41, 5.74) is 1.07. The Hall–Kier alpha value is -4.20. The van der Waals surface area contributed by atoms with Crippen molar-refractivity contribution in [2.24, 2.45) is 0 Å². The molecular formula is C24H19NO7. The first kappa shape index (κ1) is 19.7. The zero-order valence-corrected chi connectivity index (χ0v) is 17.1. The number of aryl methyl sites for hydroxylation is 1. The Bertz CT molecular complexity index is 1260. The Labute approximate surface area is 182 Å². The Kier molecular flexibility index (Phi) is 4.62. The van der Waals surface area contributed by atoms with Crippen molar-refractivity contribution in [2.75, 3.05) is 18.1 Å². The Morgan fingerprint density at radius 2 is 1.81 bits per heavy atom. The maximum absolute atomic E-state index is 13.1. The number of amides is 1. The third-order valence-corrected chi connectivity index (χ3v) is 5.46. The molecule has 3 heterocycles. The number of Topliss-reactive ketones (excluding diaryl/α,β-unsaturated/α-hetero) is 1. The number of nitrogens with zero attached hydrogens (tertiary/aromatic N) is 1. The van der Waals surface area contributed by atoms with Crippen molar-refractivity contribution in [3.63, 3.8) is 0 Å². The average molecular weight is 433 g/mol. The van der Waals surface area contributed by atoms with Crippen molar-refractivity contribution in [2.45, 2.75) is 13.0 Å². The molecule has 0 aliphatic carbocycles. The van der Waals surface area contributed by atoms with E-state index in [-0.39, 0.29) is 34.1 Å². The lowest BCUT2D eigenvalue weighted by Crippen LogP contribution is -2.29. The van der Waals surface area contributed by atoms with Gasteiger partial charge in [-0.1, -0.05) is 6.07 Å². The topological polar surface area (TPSA) is 109 Å². The van der Waals surface area contributed by atoms with Gasteiger partial charge < -0.3 is 24.1 Å². The first-order chi connectivity index (χ1) is 15.5. The maximum atomic E-state index is 13.1. The van der Waals surface area contributed by atoms with E-state index >= 15 is 0 Å². The Morgan fingerprint density at radius 3 is 2.56 bits per heavy atom. The SMILES string of the molecule is Cc1ccc(O)c(N2C(=O)C(=O)/C(=C(\O)c3ccc4c(c3)OCCO4)C2c2ccco2)c1. The summed E-state index contributed by atoms with van der Waals surface area (Å²) in [6.45, 7) is 2.58. The largest absolute Gasteiger partial charge is 0.507 e. The van der Waals surface area contributed by atoms with Crippen LogP contribution in [0.4, 0.5) is 5.69 Å². The van der Waals surface area contributed by atoms with Crippen molar-refractivity contribution in [3.8, 4) is 17.2 Å². The summed E-state index contributed by atoms with van der Waals surface area (Å²) in [7, 11) is 0. The molecule has 0 radical (unpaired) electrons. The highest BCUT2D eigenvalue weighted by atomic mass is 16.6. The predicted molar refractivity (Wildman–Crippen MR) is 114 cm³/mol. The highest BCUT2D eigenvalue weighted by Gasteiger charge is 2.49. The van der Waals surface area contributed by atoms with E-state index in [1.165, 1.54) is 12.3 Å². The number of aliphatic hydroxyl groups is 1. The van der Waals surface area contributed by atoms with Crippen LogP contribution in [0.2, 0.25) is 0 Å². The second kappa shape index (κ2) is 7.49. The number of anilines is 1. The molecule has 32 heavy (non-hydrogen) atoms. The number of ether oxygens (including phenoxy) is 2. The van der Waals surface area contributed by atoms with Gasteiger partial charge in [-0.15, -0.1) is 0 Å². The minimum Gasteiger partial charge on any atom is -0.507 e. The quantitative estimate of drug-likeness (QED) is 0.368. The fourth-order valence-electron chi connectivity index (χ4n) is 3.97. The standard InChI is InChI=1S/C24H19NO7/c1-13-4-6-16(26)15(11-13)25-21(18-3-2-8-30-18)20(23(28)24(25)29)22(27)14-5-7-17-19(12-14)32-10-9-31-17/h2-8,11-12,21,26-27H,9-10H2,1H3/b22-20-. The van der Waals surface area contributed by atoms with E-state index in [4.69, 9.17) is 13.9 Å². The van der Waals surface area contributed by atoms with Crippen LogP contribution in [0.15, 0.2) is 64.8 Å². The van der Waals surface area contributed by atoms with Crippen molar-refractivity contribution in [1.82, 2.24) is 0 Å². The van der Waals surface area contributed by atoms with Crippen LogP contribution in [0.1, 0.15) is 22.9 Å². The van der Waals surface area contributed by atoms with Crippen molar-refractivity contribution in [1.29, 1.82) is 0 Å². The molecule has 2 aromatic carbocycles. The van der Waals surface area contributed by atoms with Crippen LogP contribution in [0, 0.1) is 6.92 Å². The molecule has 8 nitrogen and oxygen atoms in total. The third kappa shape index (κ3) is 3.08. The summed E-state index contributed by atoms with van der Waals surface area (Å²) in [5.74, 6) is -1.10. The van der Waals surface area contributed by atoms with Gasteiger partial charge in [-0.2, -0.15) is 0 Å². The van der Waals surface area contributed by atoms with Gasteiger partial charge in [0.1, 0.15) is 36.5 Å². The maximum Gasteiger partial charge on any atom is 0.300 e.